The summed E-state index contributed by atoms with van der Waals surface area (Å²) in [6, 6.07) is 0. The Morgan fingerprint density at radius 3 is 1.92 bits per heavy atom. The molecule has 3 fully saturated rings. The first-order chi connectivity index (χ1) is 12.4. The fraction of sp³-hybridized carbons (Fsp3) is 0.955. The Hall–Kier alpha value is -0.610. The van der Waals surface area contributed by atoms with E-state index in [0.29, 0.717) is 5.41 Å². The van der Waals surface area contributed by atoms with Crippen LogP contribution in [0.2, 0.25) is 0 Å². The van der Waals surface area contributed by atoms with Crippen LogP contribution in [0.25, 0.3) is 0 Å². The van der Waals surface area contributed by atoms with Crippen LogP contribution in [0, 0.1) is 17.3 Å². The van der Waals surface area contributed by atoms with Crippen LogP contribution in [-0.4, -0.2) is 73.0 Å². The van der Waals surface area contributed by atoms with Gasteiger partial charge in [0.05, 0.1) is 0 Å². The van der Waals surface area contributed by atoms with Gasteiger partial charge in [-0.05, 0) is 42.9 Å². The maximum Gasteiger partial charge on any atom is 0.219 e. The Morgan fingerprint density at radius 1 is 0.962 bits per heavy atom. The molecule has 1 spiro atoms. The van der Waals surface area contributed by atoms with E-state index in [0.717, 1.165) is 24.9 Å². The van der Waals surface area contributed by atoms with Crippen LogP contribution >= 0.6 is 0 Å². The molecule has 0 radical (unpaired) electrons. The lowest BCUT2D eigenvalue weighted by molar-refractivity contribution is -0.133. The molecule has 26 heavy (non-hydrogen) atoms. The Morgan fingerprint density at radius 2 is 1.46 bits per heavy atom. The molecule has 4 nitrogen and oxygen atoms in total. The number of amides is 1. The van der Waals surface area contributed by atoms with Crippen LogP contribution in [-0.2, 0) is 4.79 Å². The van der Waals surface area contributed by atoms with Gasteiger partial charge in [-0.25, -0.2) is 0 Å². The minimum absolute atomic E-state index is 0.259. The molecule has 0 aromatic heterocycles. The smallest absolute Gasteiger partial charge is 0.219 e. The van der Waals surface area contributed by atoms with E-state index in [1.165, 1.54) is 71.4 Å². The van der Waals surface area contributed by atoms with E-state index in [1.807, 2.05) is 4.90 Å². The van der Waals surface area contributed by atoms with Crippen molar-refractivity contribution in [2.75, 3.05) is 52.4 Å². The van der Waals surface area contributed by atoms with Crippen molar-refractivity contribution in [3.63, 3.8) is 0 Å². The van der Waals surface area contributed by atoms with Crippen molar-refractivity contribution in [1.82, 2.24) is 14.7 Å². The maximum atomic E-state index is 11.5. The minimum atomic E-state index is 0.259. The van der Waals surface area contributed by atoms with Gasteiger partial charge in [0.1, 0.15) is 0 Å². The van der Waals surface area contributed by atoms with Gasteiger partial charge in [0.2, 0.25) is 5.91 Å². The van der Waals surface area contributed by atoms with E-state index in [9.17, 15) is 4.79 Å². The average Bonchev–Trinajstić information content (AvgIpc) is 2.56. The molecule has 4 heteroatoms. The normalized spacial score (nSPS) is 24.3. The van der Waals surface area contributed by atoms with E-state index in [1.54, 1.807) is 6.92 Å². The van der Waals surface area contributed by atoms with Crippen LogP contribution in [0.5, 0.6) is 0 Å². The summed E-state index contributed by atoms with van der Waals surface area (Å²) < 4.78 is 0. The van der Waals surface area contributed by atoms with Crippen molar-refractivity contribution in [2.24, 2.45) is 17.3 Å². The van der Waals surface area contributed by atoms with Crippen molar-refractivity contribution in [3.05, 3.63) is 0 Å². The van der Waals surface area contributed by atoms with Gasteiger partial charge >= 0.3 is 0 Å². The van der Waals surface area contributed by atoms with Gasteiger partial charge in [0.25, 0.3) is 0 Å². The first kappa shape index (κ1) is 21.7. The molecular formula is C22H43N3O. The largest absolute Gasteiger partial charge is 0.343 e. The molecule has 0 aromatic carbocycles. The molecule has 3 aliphatic rings. The molecule has 2 heterocycles. The Bertz CT molecular complexity index is 413. The highest BCUT2D eigenvalue weighted by Gasteiger charge is 2.46. The lowest BCUT2D eigenvalue weighted by Crippen LogP contribution is -2.53. The van der Waals surface area contributed by atoms with Gasteiger partial charge in [0.15, 0.2) is 0 Å². The third-order valence-electron chi connectivity index (χ3n) is 6.32. The molecule has 152 valence electrons. The zero-order valence-electron chi connectivity index (χ0n) is 18.1. The first-order valence-corrected chi connectivity index (χ1v) is 11.1. The molecule has 1 amide bonds. The van der Waals surface area contributed by atoms with Crippen molar-refractivity contribution in [3.8, 4) is 0 Å². The number of piperidine rings is 1. The van der Waals surface area contributed by atoms with Gasteiger partial charge in [0, 0.05) is 59.3 Å². The first-order valence-electron chi connectivity index (χ1n) is 11.1. The van der Waals surface area contributed by atoms with E-state index >= 15 is 0 Å². The van der Waals surface area contributed by atoms with Crippen molar-refractivity contribution in [2.45, 2.75) is 66.7 Å². The molecule has 0 N–H and O–H groups in total. The number of carbonyl (C=O) groups is 1. The second-order valence-electron chi connectivity index (χ2n) is 9.48. The molecular weight excluding hydrogens is 322 g/mol. The quantitative estimate of drug-likeness (QED) is 0.760. The van der Waals surface area contributed by atoms with E-state index < -0.39 is 0 Å². The fourth-order valence-electron chi connectivity index (χ4n) is 5.03. The Labute approximate surface area is 162 Å². The van der Waals surface area contributed by atoms with Gasteiger partial charge in [-0.3, -0.25) is 4.79 Å². The molecule has 0 atom stereocenters. The predicted molar refractivity (Wildman–Crippen MR) is 110 cm³/mol. The van der Waals surface area contributed by atoms with Crippen LogP contribution in [0.4, 0.5) is 0 Å². The molecule has 1 aliphatic carbocycles. The zero-order chi connectivity index (χ0) is 19.2. The van der Waals surface area contributed by atoms with Gasteiger partial charge in [-0.1, -0.05) is 34.1 Å². The molecule has 1 saturated carbocycles. The van der Waals surface area contributed by atoms with Crippen LogP contribution < -0.4 is 0 Å². The highest BCUT2D eigenvalue weighted by Crippen LogP contribution is 2.52. The second kappa shape index (κ2) is 10.1. The minimum Gasteiger partial charge on any atom is -0.343 e. The average molecular weight is 366 g/mol. The second-order valence-corrected chi connectivity index (χ2v) is 9.48. The summed E-state index contributed by atoms with van der Waals surface area (Å²) in [4.78, 5) is 18.8. The molecule has 0 aromatic rings. The van der Waals surface area contributed by atoms with Gasteiger partial charge in [-0.15, -0.1) is 0 Å². The van der Waals surface area contributed by atoms with E-state index in [-0.39, 0.29) is 5.91 Å². The monoisotopic (exact) mass is 365 g/mol. The predicted octanol–water partition coefficient (Wildman–Crippen LogP) is 3.72. The summed E-state index contributed by atoms with van der Waals surface area (Å²) in [7, 11) is 0. The summed E-state index contributed by atoms with van der Waals surface area (Å²) >= 11 is 0. The van der Waals surface area contributed by atoms with E-state index in [2.05, 4.69) is 37.5 Å². The molecule has 0 bridgehead atoms. The summed E-state index contributed by atoms with van der Waals surface area (Å²) in [5.41, 5.74) is 0.593. The van der Waals surface area contributed by atoms with Crippen LogP contribution in [0.1, 0.15) is 66.7 Å². The summed E-state index contributed by atoms with van der Waals surface area (Å²) in [6.07, 6.45) is 6.55. The maximum absolute atomic E-state index is 11.5. The molecule has 2 saturated heterocycles. The summed E-state index contributed by atoms with van der Waals surface area (Å²) in [5.74, 6) is 1.96. The van der Waals surface area contributed by atoms with Crippen molar-refractivity contribution >= 4 is 5.91 Å². The van der Waals surface area contributed by atoms with E-state index in [4.69, 9.17) is 0 Å². The number of likely N-dealkylation sites (tertiary alicyclic amines) is 1. The summed E-state index contributed by atoms with van der Waals surface area (Å²) in [5, 5.41) is 0. The number of hydrogen-bond acceptors (Lipinski definition) is 3. The molecule has 2 aliphatic heterocycles. The van der Waals surface area contributed by atoms with Crippen LogP contribution in [0.3, 0.4) is 0 Å². The highest BCUT2D eigenvalue weighted by atomic mass is 16.2. The standard InChI is InChI=1S/C19H35N3O.C3H8/c1-16(2)14-20-8-10-21(11-9-20)15-18-12-19(13-18)4-6-22(7-5-19)17(3)23;1-3-2/h16,18H,4-15H2,1-3H3;3H2,1-2H3. The van der Waals surface area contributed by atoms with Gasteiger partial charge < -0.3 is 14.7 Å². The van der Waals surface area contributed by atoms with Crippen LogP contribution in [0.15, 0.2) is 0 Å². The third kappa shape index (κ3) is 6.23. The highest BCUT2D eigenvalue weighted by molar-refractivity contribution is 5.73. The number of piperazine rings is 1. The SMILES string of the molecule is CC(=O)N1CCC2(CC1)CC(CN1CCN(CC(C)C)CC1)C2.CCC. The lowest BCUT2D eigenvalue weighted by Gasteiger charge is -2.53. The summed E-state index contributed by atoms with van der Waals surface area (Å²) in [6.45, 7) is 20.2. The topological polar surface area (TPSA) is 26.8 Å². The number of carbonyl (C=O) groups excluding carboxylic acids is 1. The van der Waals surface area contributed by atoms with Gasteiger partial charge in [-0.2, -0.15) is 0 Å². The van der Waals surface area contributed by atoms with Crippen molar-refractivity contribution in [1.29, 1.82) is 0 Å². The lowest BCUT2D eigenvalue weighted by atomic mass is 9.57. The number of hydrogen-bond donors (Lipinski definition) is 0. The third-order valence-corrected chi connectivity index (χ3v) is 6.32. The fourth-order valence-corrected chi connectivity index (χ4v) is 5.03. The molecule has 3 rings (SSSR count). The Kier molecular flexibility index (Phi) is 8.41. The number of nitrogens with zero attached hydrogens (tertiary/aromatic N) is 3. The van der Waals surface area contributed by atoms with Crippen molar-refractivity contribution < 1.29 is 4.79 Å². The zero-order valence-corrected chi connectivity index (χ0v) is 18.1. The number of rotatable bonds is 4. The Balaban J connectivity index is 0.000000758. The molecule has 0 unspecified atom stereocenters.